The van der Waals surface area contributed by atoms with E-state index in [2.05, 4.69) is 184 Å². The van der Waals surface area contributed by atoms with Crippen molar-refractivity contribution in [1.29, 1.82) is 0 Å². The van der Waals surface area contributed by atoms with Crippen molar-refractivity contribution in [2.75, 3.05) is 47.5 Å². The van der Waals surface area contributed by atoms with Gasteiger partial charge in [-0.15, -0.1) is 0 Å². The smallest absolute Gasteiger partial charge is 0.306 e. The third-order valence-electron chi connectivity index (χ3n) is 11.7. The van der Waals surface area contributed by atoms with E-state index in [4.69, 9.17) is 18.5 Å². The highest BCUT2D eigenvalue weighted by Crippen LogP contribution is 2.38. The quantitative estimate of drug-likeness (QED) is 0.0195. The van der Waals surface area contributed by atoms with Gasteiger partial charge in [-0.2, -0.15) is 0 Å². The Morgan fingerprint density at radius 2 is 0.692 bits per heavy atom. The van der Waals surface area contributed by atoms with E-state index in [9.17, 15) is 19.0 Å². The maximum absolute atomic E-state index is 12.8. The lowest BCUT2D eigenvalue weighted by atomic mass is 10.1. The van der Waals surface area contributed by atoms with Gasteiger partial charge in [0.25, 0.3) is 7.82 Å². The molecule has 0 N–H and O–H groups in total. The van der Waals surface area contributed by atoms with Crippen LogP contribution in [0, 0.1) is 0 Å². The molecule has 438 valence electrons. The van der Waals surface area contributed by atoms with Crippen molar-refractivity contribution in [2.45, 2.75) is 200 Å². The highest BCUT2D eigenvalue weighted by atomic mass is 31.2. The molecule has 0 saturated heterocycles. The van der Waals surface area contributed by atoms with Crippen LogP contribution in [-0.2, 0) is 32.7 Å². The molecular weight excluding hydrogens is 990 g/mol. The lowest BCUT2D eigenvalue weighted by molar-refractivity contribution is -0.870. The van der Waals surface area contributed by atoms with Gasteiger partial charge in [0.1, 0.15) is 19.8 Å². The maximum Gasteiger partial charge on any atom is 0.306 e. The predicted molar refractivity (Wildman–Crippen MR) is 332 cm³/mol. The SMILES string of the molecule is CC/C=C\C/C=C\C/C=C\C/C=C\C/C=C\C/C=C\C/C=C\C/C=C\C/C=C\C/C=C\C/C=C\CCCCCCCCCC(=O)OC(COC(=O)CCCCC/C=C\C/C=C\C/C=C\CC)COP(=O)([O-])OCC[N+](C)(C)C. The molecular formula is C68H108NO8P. The summed E-state index contributed by atoms with van der Waals surface area (Å²) >= 11 is 0. The zero-order chi connectivity index (χ0) is 57.0. The van der Waals surface area contributed by atoms with E-state index in [-0.39, 0.29) is 26.1 Å². The first kappa shape index (κ1) is 73.4. The zero-order valence-electron chi connectivity index (χ0n) is 49.5. The fraction of sp³-hybridized carbons (Fsp3) is 0.559. The van der Waals surface area contributed by atoms with Gasteiger partial charge < -0.3 is 27.9 Å². The van der Waals surface area contributed by atoms with Crippen molar-refractivity contribution in [3.63, 3.8) is 0 Å². The van der Waals surface area contributed by atoms with Crippen LogP contribution in [0.1, 0.15) is 194 Å². The summed E-state index contributed by atoms with van der Waals surface area (Å²) in [6.07, 6.45) is 87.1. The molecule has 0 spiro atoms. The summed E-state index contributed by atoms with van der Waals surface area (Å²) < 4.78 is 34.0. The van der Waals surface area contributed by atoms with Gasteiger partial charge in [-0.3, -0.25) is 14.2 Å². The fourth-order valence-corrected chi connectivity index (χ4v) is 7.93. The Kier molecular flexibility index (Phi) is 53.7. The lowest BCUT2D eigenvalue weighted by Crippen LogP contribution is -2.37. The van der Waals surface area contributed by atoms with E-state index in [0.717, 1.165) is 141 Å². The second-order valence-electron chi connectivity index (χ2n) is 20.2. The zero-order valence-corrected chi connectivity index (χ0v) is 50.4. The molecule has 0 aromatic heterocycles. The van der Waals surface area contributed by atoms with Crippen LogP contribution in [0.25, 0.3) is 0 Å². The highest BCUT2D eigenvalue weighted by Gasteiger charge is 2.21. The Bertz CT molecular complexity index is 1920. The summed E-state index contributed by atoms with van der Waals surface area (Å²) in [5.41, 5.74) is 0. The number of rotatable bonds is 52. The Morgan fingerprint density at radius 1 is 0.397 bits per heavy atom. The lowest BCUT2D eigenvalue weighted by Gasteiger charge is -2.28. The van der Waals surface area contributed by atoms with Crippen molar-refractivity contribution in [3.8, 4) is 0 Å². The second-order valence-corrected chi connectivity index (χ2v) is 21.7. The van der Waals surface area contributed by atoms with Gasteiger partial charge in [-0.05, 0) is 128 Å². The van der Waals surface area contributed by atoms with Crippen molar-refractivity contribution in [1.82, 2.24) is 0 Å². The first-order valence-electron chi connectivity index (χ1n) is 29.8. The standard InChI is InChI=1S/C68H108NO8P/c1-6-8-10-12-14-16-18-20-21-22-23-24-25-26-27-28-29-30-31-32-33-34-35-36-37-38-39-40-41-42-43-44-45-46-47-49-51-53-55-57-59-61-68(71)77-66(65-76-78(72,73)75-63-62-69(3,4)5)64-74-67(70)60-58-56-54-52-50-48-19-17-15-13-11-9-7-2/h8-11,14-17,20-21,23-24,26-27,29-30,32-33,35-36,38-39,41-42,44-45,48,50,66H,6-7,12-13,18-19,22,25,28,31,34,37,40,43,46-47,49,51-65H2,1-5H3/b10-8-,11-9-,16-14-,17-15-,21-20-,24-23-,27-26-,30-29-,33-32-,36-35-,39-38-,42-41-,45-44-,50-48-. The number of carbonyl (C=O) groups excluding carboxylic acids is 2. The number of hydrogen-bond acceptors (Lipinski definition) is 8. The van der Waals surface area contributed by atoms with Crippen LogP contribution in [0.3, 0.4) is 0 Å². The molecule has 0 amide bonds. The molecule has 2 unspecified atom stereocenters. The Balaban J connectivity index is 4.15. The topological polar surface area (TPSA) is 111 Å². The van der Waals surface area contributed by atoms with Crippen LogP contribution in [0.2, 0.25) is 0 Å². The molecule has 10 heteroatoms. The van der Waals surface area contributed by atoms with Gasteiger partial charge in [0.05, 0.1) is 27.7 Å². The van der Waals surface area contributed by atoms with Crippen LogP contribution in [0.5, 0.6) is 0 Å². The maximum atomic E-state index is 12.8. The van der Waals surface area contributed by atoms with E-state index in [1.807, 2.05) is 21.1 Å². The Hall–Kier alpha value is -4.63. The summed E-state index contributed by atoms with van der Waals surface area (Å²) in [6, 6.07) is 0. The number of esters is 2. The number of nitrogens with zero attached hydrogens (tertiary/aromatic N) is 1. The van der Waals surface area contributed by atoms with E-state index >= 15 is 0 Å². The average molecular weight is 1100 g/mol. The third-order valence-corrected chi connectivity index (χ3v) is 12.7. The van der Waals surface area contributed by atoms with Crippen molar-refractivity contribution in [2.24, 2.45) is 0 Å². The minimum atomic E-state index is -4.65. The molecule has 0 aromatic carbocycles. The predicted octanol–water partition coefficient (Wildman–Crippen LogP) is 18.4. The van der Waals surface area contributed by atoms with Gasteiger partial charge in [0.15, 0.2) is 6.10 Å². The molecule has 0 aliphatic rings. The molecule has 0 fully saturated rings. The molecule has 9 nitrogen and oxygen atoms in total. The summed E-state index contributed by atoms with van der Waals surface area (Å²) in [7, 11) is 1.11. The van der Waals surface area contributed by atoms with Gasteiger partial charge in [0, 0.05) is 12.8 Å². The fourth-order valence-electron chi connectivity index (χ4n) is 7.20. The third kappa shape index (κ3) is 60.6. The molecule has 0 heterocycles. The number of quaternary nitrogens is 1. The number of hydrogen-bond donors (Lipinski definition) is 0. The van der Waals surface area contributed by atoms with Gasteiger partial charge in [-0.1, -0.05) is 223 Å². The van der Waals surface area contributed by atoms with Crippen LogP contribution >= 0.6 is 7.82 Å². The van der Waals surface area contributed by atoms with E-state index in [0.29, 0.717) is 23.9 Å². The highest BCUT2D eigenvalue weighted by molar-refractivity contribution is 7.45. The minimum Gasteiger partial charge on any atom is -0.756 e. The molecule has 0 bridgehead atoms. The number of unbranched alkanes of at least 4 members (excludes halogenated alkanes) is 10. The summed E-state index contributed by atoms with van der Waals surface area (Å²) in [5.74, 6) is -0.897. The molecule has 0 rings (SSSR count). The summed E-state index contributed by atoms with van der Waals surface area (Å²) in [5, 5.41) is 0. The number of allylic oxidation sites excluding steroid dienone is 28. The molecule has 78 heavy (non-hydrogen) atoms. The van der Waals surface area contributed by atoms with E-state index in [1.54, 1.807) is 0 Å². The number of carbonyl (C=O) groups is 2. The first-order valence-corrected chi connectivity index (χ1v) is 31.3. The largest absolute Gasteiger partial charge is 0.756 e. The van der Waals surface area contributed by atoms with Crippen molar-refractivity contribution in [3.05, 3.63) is 170 Å². The molecule has 0 aliphatic carbocycles. The molecule has 2 atom stereocenters. The van der Waals surface area contributed by atoms with Gasteiger partial charge >= 0.3 is 11.9 Å². The number of phosphoric acid groups is 1. The van der Waals surface area contributed by atoms with Crippen molar-refractivity contribution >= 4 is 19.8 Å². The van der Waals surface area contributed by atoms with Crippen LogP contribution < -0.4 is 4.89 Å². The van der Waals surface area contributed by atoms with Crippen LogP contribution in [0.15, 0.2) is 170 Å². The Morgan fingerprint density at radius 3 is 1.04 bits per heavy atom. The Labute approximate surface area is 477 Å². The average Bonchev–Trinajstić information content (AvgIpc) is 3.40. The summed E-state index contributed by atoms with van der Waals surface area (Å²) in [6.45, 7) is 3.92. The second kappa shape index (κ2) is 57.1. The van der Waals surface area contributed by atoms with Gasteiger partial charge in [-0.25, -0.2) is 0 Å². The molecule has 0 saturated carbocycles. The molecule has 0 radical (unpaired) electrons. The number of ether oxygens (including phenoxy) is 2. The van der Waals surface area contributed by atoms with Crippen LogP contribution in [-0.4, -0.2) is 70.0 Å². The van der Waals surface area contributed by atoms with Crippen molar-refractivity contribution < 1.29 is 42.1 Å². The minimum absolute atomic E-state index is 0.0473. The van der Waals surface area contributed by atoms with Crippen LogP contribution in [0.4, 0.5) is 0 Å². The van der Waals surface area contributed by atoms with E-state index in [1.165, 1.54) is 12.8 Å². The normalized spacial score (nSPS) is 14.5. The van der Waals surface area contributed by atoms with Gasteiger partial charge in [0.2, 0.25) is 0 Å². The summed E-state index contributed by atoms with van der Waals surface area (Å²) in [4.78, 5) is 37.7. The number of likely N-dealkylation sites (N-methyl/N-ethyl adjacent to an activating group) is 1. The first-order chi connectivity index (χ1) is 38.0. The number of phosphoric ester groups is 1. The van der Waals surface area contributed by atoms with E-state index < -0.39 is 32.5 Å². The molecule has 0 aromatic rings. The molecule has 0 aliphatic heterocycles. The monoisotopic (exact) mass is 1100 g/mol.